The molecule has 1 aliphatic heterocycles. The van der Waals surface area contributed by atoms with E-state index in [-0.39, 0.29) is 6.10 Å². The lowest BCUT2D eigenvalue weighted by atomic mass is 10.3. The summed E-state index contributed by atoms with van der Waals surface area (Å²) in [6.07, 6.45) is 1.58. The van der Waals surface area contributed by atoms with E-state index in [0.29, 0.717) is 23.9 Å². The summed E-state index contributed by atoms with van der Waals surface area (Å²) in [6.45, 7) is 2.96. The minimum Gasteiger partial charge on any atom is -0.368 e. The first-order chi connectivity index (χ1) is 9.98. The number of thiophene rings is 1. The largest absolute Gasteiger partial charge is 0.368 e. The van der Waals surface area contributed by atoms with E-state index in [1.807, 2.05) is 24.7 Å². The number of imidazole rings is 1. The first-order valence-electron chi connectivity index (χ1n) is 6.63. The minimum absolute atomic E-state index is 0.296. The molecule has 1 saturated heterocycles. The maximum Gasteiger partial charge on any atom is 0.252 e. The van der Waals surface area contributed by atoms with E-state index < -0.39 is 10.0 Å². The quantitative estimate of drug-likeness (QED) is 0.858. The molecule has 0 bridgehead atoms. The molecular formula is C13H17N3O3S2. The van der Waals surface area contributed by atoms with E-state index >= 15 is 0 Å². The monoisotopic (exact) mass is 327 g/mol. The molecule has 0 aromatic carbocycles. The Kier molecular flexibility index (Phi) is 3.87. The van der Waals surface area contributed by atoms with Gasteiger partial charge >= 0.3 is 0 Å². The average molecular weight is 327 g/mol. The van der Waals surface area contributed by atoms with E-state index in [1.165, 1.54) is 15.6 Å². The zero-order valence-electron chi connectivity index (χ0n) is 11.9. The van der Waals surface area contributed by atoms with Crippen molar-refractivity contribution in [2.75, 3.05) is 19.7 Å². The second-order valence-corrected chi connectivity index (χ2v) is 8.12. The van der Waals surface area contributed by atoms with Crippen LogP contribution in [-0.2, 0) is 21.8 Å². The van der Waals surface area contributed by atoms with Crippen LogP contribution in [0.5, 0.6) is 0 Å². The van der Waals surface area contributed by atoms with Gasteiger partial charge in [0.05, 0.1) is 12.3 Å². The number of ether oxygens (including phenoxy) is 1. The van der Waals surface area contributed by atoms with Gasteiger partial charge in [0.1, 0.15) is 16.1 Å². The van der Waals surface area contributed by atoms with E-state index in [4.69, 9.17) is 4.74 Å². The molecule has 0 saturated carbocycles. The predicted molar refractivity (Wildman–Crippen MR) is 79.7 cm³/mol. The van der Waals surface area contributed by atoms with Crippen LogP contribution in [0.3, 0.4) is 0 Å². The summed E-state index contributed by atoms with van der Waals surface area (Å²) in [5.74, 6) is 0.763. The standard InChI is InChI=1S/C13H17N3O3S2/c1-10-8-15(2)13(14-10)11-9-16(5-6-19-11)21(17,18)12-4-3-7-20-12/h3-4,7-8,11H,5-6,9H2,1-2H3/t11-/m0/s1. The Morgan fingerprint density at radius 2 is 2.29 bits per heavy atom. The van der Waals surface area contributed by atoms with Crippen LogP contribution in [0, 0.1) is 6.92 Å². The second-order valence-electron chi connectivity index (χ2n) is 5.01. The number of hydrogen-bond acceptors (Lipinski definition) is 5. The van der Waals surface area contributed by atoms with Gasteiger partial charge in [0.25, 0.3) is 10.0 Å². The Morgan fingerprint density at radius 3 is 2.90 bits per heavy atom. The first-order valence-corrected chi connectivity index (χ1v) is 8.95. The van der Waals surface area contributed by atoms with Crippen molar-refractivity contribution in [2.45, 2.75) is 17.2 Å². The van der Waals surface area contributed by atoms with Gasteiger partial charge in [-0.1, -0.05) is 6.07 Å². The van der Waals surface area contributed by atoms with E-state index in [9.17, 15) is 8.42 Å². The van der Waals surface area contributed by atoms with E-state index in [2.05, 4.69) is 4.98 Å². The van der Waals surface area contributed by atoms with Crippen LogP contribution >= 0.6 is 11.3 Å². The van der Waals surface area contributed by atoms with Gasteiger partial charge in [-0.25, -0.2) is 13.4 Å². The summed E-state index contributed by atoms with van der Waals surface area (Å²) in [6, 6.07) is 3.38. The molecule has 21 heavy (non-hydrogen) atoms. The van der Waals surface area contributed by atoms with Gasteiger partial charge in [-0.05, 0) is 18.4 Å². The molecule has 3 rings (SSSR count). The maximum absolute atomic E-state index is 12.6. The fraction of sp³-hybridized carbons (Fsp3) is 0.462. The summed E-state index contributed by atoms with van der Waals surface area (Å²) < 4.78 is 34.6. The summed E-state index contributed by atoms with van der Waals surface area (Å²) in [5.41, 5.74) is 0.898. The molecule has 1 fully saturated rings. The van der Waals surface area contributed by atoms with Crippen LogP contribution in [0.1, 0.15) is 17.6 Å². The van der Waals surface area contributed by atoms with Crippen LogP contribution in [0.15, 0.2) is 27.9 Å². The highest BCUT2D eigenvalue weighted by molar-refractivity contribution is 7.91. The topological polar surface area (TPSA) is 64.4 Å². The summed E-state index contributed by atoms with van der Waals surface area (Å²) >= 11 is 1.24. The van der Waals surface area contributed by atoms with Crippen LogP contribution < -0.4 is 0 Å². The highest BCUT2D eigenvalue weighted by atomic mass is 32.2. The van der Waals surface area contributed by atoms with Crippen molar-refractivity contribution in [3.63, 3.8) is 0 Å². The molecule has 1 atom stereocenters. The molecule has 0 radical (unpaired) electrons. The third kappa shape index (κ3) is 2.76. The van der Waals surface area contributed by atoms with Crippen molar-refractivity contribution in [1.29, 1.82) is 0 Å². The Labute approximate surface area is 128 Å². The highest BCUT2D eigenvalue weighted by Gasteiger charge is 2.33. The van der Waals surface area contributed by atoms with Crippen LogP contribution in [0.4, 0.5) is 0 Å². The number of rotatable bonds is 3. The van der Waals surface area contributed by atoms with Crippen LogP contribution in [0.2, 0.25) is 0 Å². The lowest BCUT2D eigenvalue weighted by Gasteiger charge is -2.31. The number of morpholine rings is 1. The maximum atomic E-state index is 12.6. The van der Waals surface area contributed by atoms with Crippen molar-refractivity contribution < 1.29 is 13.2 Å². The molecule has 2 aromatic rings. The van der Waals surface area contributed by atoms with Crippen LogP contribution in [0.25, 0.3) is 0 Å². The first kappa shape index (κ1) is 14.7. The summed E-state index contributed by atoms with van der Waals surface area (Å²) in [5, 5.41) is 1.77. The Morgan fingerprint density at radius 1 is 1.48 bits per heavy atom. The number of hydrogen-bond donors (Lipinski definition) is 0. The van der Waals surface area contributed by atoms with E-state index in [0.717, 1.165) is 11.5 Å². The zero-order valence-corrected chi connectivity index (χ0v) is 13.5. The number of aromatic nitrogens is 2. The molecule has 1 aliphatic rings. The second kappa shape index (κ2) is 5.53. The molecule has 6 nitrogen and oxygen atoms in total. The van der Waals surface area contributed by atoms with Gasteiger partial charge in [-0.15, -0.1) is 11.3 Å². The Bertz CT molecular complexity index is 722. The molecule has 0 aliphatic carbocycles. The molecular weight excluding hydrogens is 310 g/mol. The van der Waals surface area contributed by atoms with Crippen molar-refractivity contribution in [3.05, 3.63) is 35.2 Å². The van der Waals surface area contributed by atoms with Crippen molar-refractivity contribution in [2.24, 2.45) is 7.05 Å². The number of nitrogens with zero attached hydrogens (tertiary/aromatic N) is 3. The van der Waals surface area contributed by atoms with Crippen molar-refractivity contribution >= 4 is 21.4 Å². The normalized spacial score (nSPS) is 20.8. The molecule has 0 N–H and O–H groups in total. The number of sulfonamides is 1. The lowest BCUT2D eigenvalue weighted by Crippen LogP contribution is -2.42. The Balaban J connectivity index is 1.85. The minimum atomic E-state index is -3.43. The molecule has 2 aromatic heterocycles. The molecule has 8 heteroatoms. The van der Waals surface area contributed by atoms with Gasteiger partial charge < -0.3 is 9.30 Å². The van der Waals surface area contributed by atoms with Gasteiger partial charge in [0, 0.05) is 26.3 Å². The SMILES string of the molecule is Cc1cn(C)c([C@@H]2CN(S(=O)(=O)c3cccs3)CCO2)n1. The molecule has 0 unspecified atom stereocenters. The molecule has 3 heterocycles. The van der Waals surface area contributed by atoms with Crippen LogP contribution in [-0.4, -0.2) is 42.0 Å². The van der Waals surface area contributed by atoms with Gasteiger partial charge in [-0.3, -0.25) is 0 Å². The smallest absolute Gasteiger partial charge is 0.252 e. The third-order valence-electron chi connectivity index (χ3n) is 3.44. The van der Waals surface area contributed by atoms with Gasteiger partial charge in [-0.2, -0.15) is 4.31 Å². The zero-order chi connectivity index (χ0) is 15.0. The molecule has 114 valence electrons. The third-order valence-corrected chi connectivity index (χ3v) is 6.68. The molecule has 0 amide bonds. The lowest BCUT2D eigenvalue weighted by molar-refractivity contribution is -0.00888. The highest BCUT2D eigenvalue weighted by Crippen LogP contribution is 2.27. The summed E-state index contributed by atoms with van der Waals surface area (Å²) in [4.78, 5) is 4.43. The fourth-order valence-electron chi connectivity index (χ4n) is 2.47. The Hall–Kier alpha value is -1.22. The summed E-state index contributed by atoms with van der Waals surface area (Å²) in [7, 11) is -1.54. The molecule has 0 spiro atoms. The predicted octanol–water partition coefficient (Wildman–Crippen LogP) is 1.55. The van der Waals surface area contributed by atoms with Gasteiger partial charge in [0.15, 0.2) is 0 Å². The number of aryl methyl sites for hydroxylation is 2. The fourth-order valence-corrected chi connectivity index (χ4v) is 5.04. The van der Waals surface area contributed by atoms with E-state index in [1.54, 1.807) is 17.5 Å². The van der Waals surface area contributed by atoms with Gasteiger partial charge in [0.2, 0.25) is 0 Å². The van der Waals surface area contributed by atoms with Crippen molar-refractivity contribution in [1.82, 2.24) is 13.9 Å². The van der Waals surface area contributed by atoms with Crippen molar-refractivity contribution in [3.8, 4) is 0 Å². The average Bonchev–Trinajstić information content (AvgIpc) is 3.09.